The number of carbonyl (C=O) groups is 10. The van der Waals surface area contributed by atoms with E-state index in [2.05, 4.69) is 65.8 Å². The molecule has 133 heavy (non-hydrogen) atoms. The van der Waals surface area contributed by atoms with Crippen molar-refractivity contribution in [3.8, 4) is 84.4 Å². The van der Waals surface area contributed by atoms with E-state index < -0.39 is 59.3 Å². The van der Waals surface area contributed by atoms with Crippen molar-refractivity contribution in [1.29, 1.82) is 0 Å². The van der Waals surface area contributed by atoms with Gasteiger partial charge in [-0.05, 0) is 260 Å². The lowest BCUT2D eigenvalue weighted by molar-refractivity contribution is -0.144. The van der Waals surface area contributed by atoms with E-state index in [0.29, 0.717) is 152 Å². The van der Waals surface area contributed by atoms with E-state index in [1.54, 1.807) is 166 Å². The molecule has 688 valence electrons. The maximum absolute atomic E-state index is 14.9. The highest BCUT2D eigenvalue weighted by molar-refractivity contribution is 5.93. The van der Waals surface area contributed by atoms with Crippen molar-refractivity contribution in [2.24, 2.45) is 5.92 Å². The standard InChI is InChI=1S/C33H34O8.C29H27FO4.C28H30O6.C20H18O4/c1-20(2)30(34)38-15-7-9-23-17-25(10-8-16-39-31(35)21(3)4)29-26(18-23)19-28(33(37)41-29)24-11-13-27(14-12-24)40-32(36)22(5)6;1-19(2)28(31)33-17-5-6-21-7-9-22(10-8-21)24-13-16-26(27(30)18-24)23-11-14-25(15-12-23)34-29(32)20(3)4;1-18(2)26(29)32-16-22(17-33-27(30)19(3)4)15-21-7-9-23(10-8-21)24-11-13-25(14-12-24)34-28(31)20(5)6;1-13(2)19(21)23-17-9-5-15(6-10-17)16-7-11-18(12-8-16)24-20(22)14(3)4/h11-14,17-19H,1,3,5,7-10,15-16H2,2,4,6H3;7-16,18H,1,3,5-6,17H2,2,4H3;7-14,22H,1,3,5,15-17H2,2,4,6H3;5-12H,1,3H2,2,4H3. The van der Waals surface area contributed by atoms with Gasteiger partial charge in [-0.3, -0.25) is 0 Å². The Labute approximate surface area is 774 Å². The average Bonchev–Trinajstić information content (AvgIpc) is 0.783. The van der Waals surface area contributed by atoms with Crippen LogP contribution in [0.5, 0.6) is 28.7 Å². The Balaban J connectivity index is 0.000000246. The summed E-state index contributed by atoms with van der Waals surface area (Å²) in [6, 6.07) is 61.2. The molecule has 10 rings (SSSR count). The van der Waals surface area contributed by atoms with Gasteiger partial charge in [-0.15, -0.1) is 0 Å². The lowest BCUT2D eigenvalue weighted by Gasteiger charge is -2.18. The fourth-order valence-corrected chi connectivity index (χ4v) is 11.9. The van der Waals surface area contributed by atoms with Crippen LogP contribution in [0.2, 0.25) is 0 Å². The van der Waals surface area contributed by atoms with Crippen molar-refractivity contribution in [1.82, 2.24) is 0 Å². The summed E-state index contributed by atoms with van der Waals surface area (Å²) in [5, 5.41) is 0.725. The molecule has 0 bridgehead atoms. The second kappa shape index (κ2) is 51.4. The van der Waals surface area contributed by atoms with Crippen molar-refractivity contribution < 1.29 is 104 Å². The van der Waals surface area contributed by atoms with Gasteiger partial charge in [0.1, 0.15) is 40.1 Å². The highest BCUT2D eigenvalue weighted by Crippen LogP contribution is 2.34. The molecule has 0 saturated heterocycles. The van der Waals surface area contributed by atoms with E-state index in [1.807, 2.05) is 103 Å². The molecule has 23 heteroatoms. The third kappa shape index (κ3) is 34.3. The summed E-state index contributed by atoms with van der Waals surface area (Å²) in [4.78, 5) is 129. The summed E-state index contributed by atoms with van der Waals surface area (Å²) in [6.45, 7) is 52.5. The molecule has 1 aromatic heterocycles. The molecular formula is C110H109FO22. The maximum atomic E-state index is 14.9. The molecule has 0 spiro atoms. The molecule has 0 fully saturated rings. The molecule has 10 aromatic rings. The number of hydrogen-bond donors (Lipinski definition) is 0. The minimum atomic E-state index is -0.535. The molecule has 9 aromatic carbocycles. The summed E-state index contributed by atoms with van der Waals surface area (Å²) in [7, 11) is 0. The Bertz CT molecular complexity index is 6000. The first kappa shape index (κ1) is 104. The molecular weight excluding hydrogens is 1690 g/mol. The molecule has 22 nitrogen and oxygen atoms in total. The smallest absolute Gasteiger partial charge is 0.344 e. The number of esters is 10. The lowest BCUT2D eigenvalue weighted by atomic mass is 9.98. The fraction of sp³-hybridized carbons (Fsp3) is 0.209. The van der Waals surface area contributed by atoms with Gasteiger partial charge in [-0.2, -0.15) is 0 Å². The second-order valence-corrected chi connectivity index (χ2v) is 31.6. The van der Waals surface area contributed by atoms with Crippen LogP contribution < -0.4 is 29.3 Å². The summed E-state index contributed by atoms with van der Waals surface area (Å²) in [6.07, 6.45) is 4.26. The van der Waals surface area contributed by atoms with Gasteiger partial charge in [0.25, 0.3) is 0 Å². The molecule has 0 saturated carbocycles. The van der Waals surface area contributed by atoms with E-state index in [1.165, 1.54) is 6.07 Å². The quantitative estimate of drug-likeness (QED) is 0.00867. The van der Waals surface area contributed by atoms with Crippen LogP contribution in [0, 0.1) is 11.7 Å². The van der Waals surface area contributed by atoms with E-state index in [9.17, 15) is 57.1 Å². The Kier molecular flexibility index (Phi) is 40.3. The average molecular weight is 1800 g/mol. The maximum Gasteiger partial charge on any atom is 0.344 e. The molecule has 0 amide bonds. The molecule has 0 aliphatic rings. The molecule has 0 unspecified atom stereocenters. The van der Waals surface area contributed by atoms with Crippen LogP contribution in [0.3, 0.4) is 0 Å². The van der Waals surface area contributed by atoms with Gasteiger partial charge in [-0.25, -0.2) is 57.1 Å². The molecule has 0 N–H and O–H groups in total. The summed E-state index contributed by atoms with van der Waals surface area (Å²) >= 11 is 0. The van der Waals surface area contributed by atoms with Crippen molar-refractivity contribution in [2.75, 3.05) is 33.0 Å². The third-order valence-corrected chi connectivity index (χ3v) is 19.2. The number of hydrogen-bond acceptors (Lipinski definition) is 22. The SMILES string of the molecule is C=C(C)C(=O)OCC(COC(=O)C(=C)C)Cc1ccc(-c2ccc(OC(=O)C(=C)C)cc2)cc1.C=C(C)C(=O)OCCCc1cc(CCCOC(=O)C(=C)C)c2oc(=O)c(-c3ccc(OC(=O)C(=C)C)cc3)cc2c1.C=C(C)C(=O)OCCCc1ccc(-c2ccc(-c3ccc(OC(=O)C(=C)C)cc3)c(F)c2)cc1.C=C(C)C(=O)Oc1ccc(-c2ccc(OC(=O)C(=C)C)cc2)cc1. The van der Waals surface area contributed by atoms with E-state index in [4.69, 9.17) is 51.8 Å². The van der Waals surface area contributed by atoms with Crippen LogP contribution in [-0.2, 0) is 97.3 Å². The minimum absolute atomic E-state index is 0.0985. The van der Waals surface area contributed by atoms with Crippen LogP contribution >= 0.6 is 0 Å². The molecule has 1 heterocycles. The summed E-state index contributed by atoms with van der Waals surface area (Å²) in [5.74, 6) is -3.12. The van der Waals surface area contributed by atoms with Crippen LogP contribution in [0.25, 0.3) is 66.6 Å². The number of ether oxygens (including phenoxy) is 10. The Morgan fingerprint density at radius 1 is 0.286 bits per heavy atom. The van der Waals surface area contributed by atoms with Gasteiger partial charge in [0, 0.05) is 72.6 Å². The monoisotopic (exact) mass is 1800 g/mol. The highest BCUT2D eigenvalue weighted by Gasteiger charge is 2.21. The van der Waals surface area contributed by atoms with Gasteiger partial charge < -0.3 is 51.8 Å². The normalized spacial score (nSPS) is 10.4. The summed E-state index contributed by atoms with van der Waals surface area (Å²) < 4.78 is 72.7. The number of carbonyl (C=O) groups excluding carboxylic acids is 10. The first-order chi connectivity index (χ1) is 63.1. The topological polar surface area (TPSA) is 293 Å². The largest absolute Gasteiger partial charge is 0.462 e. The van der Waals surface area contributed by atoms with Crippen LogP contribution in [0.1, 0.15) is 111 Å². The zero-order chi connectivity index (χ0) is 97.7. The van der Waals surface area contributed by atoms with Crippen LogP contribution in [0.4, 0.5) is 4.39 Å². The first-order valence-electron chi connectivity index (χ1n) is 42.2. The third-order valence-electron chi connectivity index (χ3n) is 19.2. The van der Waals surface area contributed by atoms with Gasteiger partial charge in [-0.1, -0.05) is 193 Å². The number of aryl methyl sites for hydroxylation is 3. The fourth-order valence-electron chi connectivity index (χ4n) is 11.9. The zero-order valence-corrected chi connectivity index (χ0v) is 76.6. The van der Waals surface area contributed by atoms with Crippen LogP contribution in [-0.4, -0.2) is 92.7 Å². The highest BCUT2D eigenvalue weighted by atomic mass is 19.1. The molecule has 0 aliphatic carbocycles. The minimum Gasteiger partial charge on any atom is -0.462 e. The van der Waals surface area contributed by atoms with Gasteiger partial charge in [0.05, 0.1) is 38.6 Å². The number of benzene rings is 9. The first-order valence-corrected chi connectivity index (χ1v) is 42.2. The van der Waals surface area contributed by atoms with Crippen molar-refractivity contribution in [2.45, 2.75) is 114 Å². The van der Waals surface area contributed by atoms with E-state index in [-0.39, 0.29) is 49.7 Å². The van der Waals surface area contributed by atoms with Gasteiger partial charge in [0.2, 0.25) is 0 Å². The van der Waals surface area contributed by atoms with Crippen molar-refractivity contribution in [3.63, 3.8) is 0 Å². The Morgan fingerprint density at radius 3 is 0.880 bits per heavy atom. The number of halogens is 1. The Morgan fingerprint density at radius 2 is 0.556 bits per heavy atom. The number of rotatable bonds is 38. The number of fused-ring (bicyclic) bond motifs is 1. The van der Waals surface area contributed by atoms with Gasteiger partial charge >= 0.3 is 65.3 Å². The summed E-state index contributed by atoms with van der Waals surface area (Å²) in [5.41, 5.74) is 14.7. The second-order valence-electron chi connectivity index (χ2n) is 31.6. The van der Waals surface area contributed by atoms with Crippen molar-refractivity contribution >= 4 is 70.7 Å². The Hall–Kier alpha value is -15.8. The lowest BCUT2D eigenvalue weighted by Crippen LogP contribution is -2.23. The predicted molar refractivity (Wildman–Crippen MR) is 512 cm³/mol. The molecule has 0 aliphatic heterocycles. The van der Waals surface area contributed by atoms with Crippen LogP contribution in [0.15, 0.2) is 337 Å². The zero-order valence-electron chi connectivity index (χ0n) is 76.6. The predicted octanol–water partition coefficient (Wildman–Crippen LogP) is 22.3. The van der Waals surface area contributed by atoms with E-state index in [0.717, 1.165) is 67.4 Å². The van der Waals surface area contributed by atoms with Crippen molar-refractivity contribution in [3.05, 3.63) is 366 Å². The molecule has 0 radical (unpaired) electrons. The van der Waals surface area contributed by atoms with Gasteiger partial charge in [0.15, 0.2) is 0 Å². The van der Waals surface area contributed by atoms with E-state index >= 15 is 0 Å². The molecule has 0 atom stereocenters.